The van der Waals surface area contributed by atoms with Crippen molar-refractivity contribution in [2.24, 2.45) is 0 Å². The Morgan fingerprint density at radius 3 is 1.98 bits per heavy atom. The fraction of sp³-hybridized carbons (Fsp3) is 0.0500. The van der Waals surface area contributed by atoms with Crippen molar-refractivity contribution in [1.82, 2.24) is 0 Å². The van der Waals surface area contributed by atoms with Gasteiger partial charge in [0, 0.05) is 0 Å². The van der Waals surface area contributed by atoms with Crippen LogP contribution in [0.4, 0.5) is 0 Å². The Bertz CT molecular complexity index is 2090. The van der Waals surface area contributed by atoms with Crippen molar-refractivity contribution in [2.75, 3.05) is 0 Å². The van der Waals surface area contributed by atoms with Gasteiger partial charge < -0.3 is 0 Å². The van der Waals surface area contributed by atoms with Crippen molar-refractivity contribution >= 4 is 38.4 Å². The topological polar surface area (TPSA) is 0 Å². The summed E-state index contributed by atoms with van der Waals surface area (Å²) in [5.41, 5.74) is 10.5. The third-order valence-corrected chi connectivity index (χ3v) is 8.50. The molecule has 0 aromatic heterocycles. The summed E-state index contributed by atoms with van der Waals surface area (Å²) >= 11 is 0. The van der Waals surface area contributed by atoms with Gasteiger partial charge in [-0.2, -0.15) is 0 Å². The first-order valence-electron chi connectivity index (χ1n) is 14.2. The highest BCUT2D eigenvalue weighted by atomic mass is 14.2. The highest BCUT2D eigenvalue weighted by Gasteiger charge is 2.19. The van der Waals surface area contributed by atoms with Crippen LogP contribution in [0.15, 0.2) is 140 Å². The van der Waals surface area contributed by atoms with E-state index in [4.69, 9.17) is 0 Å². The molecule has 40 heavy (non-hydrogen) atoms. The van der Waals surface area contributed by atoms with E-state index in [1.165, 1.54) is 76.8 Å². The molecule has 0 heterocycles. The molecule has 0 bridgehead atoms. The number of hydrogen-bond acceptors (Lipinski definition) is 0. The summed E-state index contributed by atoms with van der Waals surface area (Å²) in [6, 6.07) is 49.3. The van der Waals surface area contributed by atoms with Crippen LogP contribution in [0.5, 0.6) is 0 Å². The fourth-order valence-corrected chi connectivity index (χ4v) is 6.61. The van der Waals surface area contributed by atoms with Gasteiger partial charge >= 0.3 is 0 Å². The second-order valence-corrected chi connectivity index (χ2v) is 10.8. The molecule has 0 atom stereocenters. The summed E-state index contributed by atoms with van der Waals surface area (Å²) in [6.07, 6.45) is 6.84. The Morgan fingerprint density at radius 2 is 1.10 bits per heavy atom. The van der Waals surface area contributed by atoms with E-state index in [2.05, 4.69) is 146 Å². The minimum Gasteiger partial charge on any atom is -0.0836 e. The molecule has 0 heteroatoms. The van der Waals surface area contributed by atoms with Gasteiger partial charge in [-0.1, -0.05) is 133 Å². The molecule has 7 aromatic carbocycles. The number of allylic oxidation sites excluding steroid dienone is 1. The maximum atomic E-state index is 2.42. The van der Waals surface area contributed by atoms with Crippen LogP contribution in [0.1, 0.15) is 17.5 Å². The second kappa shape index (κ2) is 9.36. The van der Waals surface area contributed by atoms with Gasteiger partial charge in [-0.25, -0.2) is 0 Å². The van der Waals surface area contributed by atoms with Crippen molar-refractivity contribution < 1.29 is 0 Å². The Balaban J connectivity index is 1.50. The Labute approximate surface area is 234 Å². The first-order valence-corrected chi connectivity index (χ1v) is 14.2. The minimum atomic E-state index is 1.13. The highest BCUT2D eigenvalue weighted by Crippen LogP contribution is 2.46. The van der Waals surface area contributed by atoms with Crippen LogP contribution in [0.25, 0.3) is 71.8 Å². The van der Waals surface area contributed by atoms with Crippen LogP contribution in [0, 0.1) is 0 Å². The fourth-order valence-electron chi connectivity index (χ4n) is 6.61. The lowest BCUT2D eigenvalue weighted by Gasteiger charge is -2.20. The van der Waals surface area contributed by atoms with E-state index in [0.717, 1.165) is 12.8 Å². The number of hydrogen-bond donors (Lipinski definition) is 0. The number of aryl methyl sites for hydroxylation is 1. The maximum Gasteiger partial charge on any atom is -0.00201 e. The van der Waals surface area contributed by atoms with Crippen LogP contribution >= 0.6 is 0 Å². The monoisotopic (exact) mass is 508 g/mol. The molecule has 0 amide bonds. The molecule has 0 spiro atoms. The van der Waals surface area contributed by atoms with Crippen LogP contribution in [-0.2, 0) is 6.42 Å². The molecule has 0 nitrogen and oxygen atoms in total. The van der Waals surface area contributed by atoms with Crippen LogP contribution < -0.4 is 0 Å². The smallest absolute Gasteiger partial charge is 0.00201 e. The standard InChI is InChI=1S/C40H28/c1-2-13-29(14-3-1)39-35-18-8-9-19-36(35)40(34-20-10-16-28-12-6-7-17-33(28)34)37-24-23-32(26-38(37)39)31-22-21-27-11-4-5-15-30(27)25-31/h1-3,5-10,12-26H,4,11H2. The number of rotatable bonds is 3. The van der Waals surface area contributed by atoms with Gasteiger partial charge in [-0.05, 0) is 102 Å². The zero-order valence-electron chi connectivity index (χ0n) is 22.3. The molecule has 0 fully saturated rings. The molecular weight excluding hydrogens is 480 g/mol. The molecule has 8 rings (SSSR count). The second-order valence-electron chi connectivity index (χ2n) is 10.8. The molecule has 0 radical (unpaired) electrons. The van der Waals surface area contributed by atoms with Crippen molar-refractivity contribution in [3.05, 3.63) is 151 Å². The lowest BCUT2D eigenvalue weighted by Crippen LogP contribution is -1.95. The average Bonchev–Trinajstić information content (AvgIpc) is 3.03. The lowest BCUT2D eigenvalue weighted by molar-refractivity contribution is 0.986. The summed E-state index contributed by atoms with van der Waals surface area (Å²) in [5, 5.41) is 7.71. The highest BCUT2D eigenvalue weighted by molar-refractivity contribution is 6.24. The number of benzene rings is 7. The third kappa shape index (κ3) is 3.68. The van der Waals surface area contributed by atoms with Crippen LogP contribution in [0.2, 0.25) is 0 Å². The molecular formula is C40H28. The molecule has 0 saturated heterocycles. The predicted molar refractivity (Wildman–Crippen MR) is 173 cm³/mol. The number of fused-ring (bicyclic) bond motifs is 4. The normalized spacial score (nSPS) is 12.7. The Hall–Kier alpha value is -4.94. The Morgan fingerprint density at radius 1 is 0.425 bits per heavy atom. The van der Waals surface area contributed by atoms with Crippen LogP contribution in [0.3, 0.4) is 0 Å². The van der Waals surface area contributed by atoms with Gasteiger partial charge in [0.05, 0.1) is 0 Å². The van der Waals surface area contributed by atoms with Gasteiger partial charge in [0.15, 0.2) is 0 Å². The van der Waals surface area contributed by atoms with Crippen molar-refractivity contribution in [3.63, 3.8) is 0 Å². The van der Waals surface area contributed by atoms with E-state index in [9.17, 15) is 0 Å². The largest absolute Gasteiger partial charge is 0.0836 e. The van der Waals surface area contributed by atoms with Gasteiger partial charge in [0.25, 0.3) is 0 Å². The maximum absolute atomic E-state index is 2.42. The van der Waals surface area contributed by atoms with E-state index in [-0.39, 0.29) is 0 Å². The molecule has 1 aliphatic rings. The molecule has 0 unspecified atom stereocenters. The van der Waals surface area contributed by atoms with E-state index in [1.807, 2.05) is 0 Å². The first-order chi connectivity index (χ1) is 19.8. The van der Waals surface area contributed by atoms with Crippen molar-refractivity contribution in [2.45, 2.75) is 12.8 Å². The van der Waals surface area contributed by atoms with E-state index in [1.54, 1.807) is 0 Å². The summed E-state index contributed by atoms with van der Waals surface area (Å²) in [7, 11) is 0. The lowest BCUT2D eigenvalue weighted by atomic mass is 9.83. The molecule has 0 N–H and O–H groups in total. The molecule has 188 valence electrons. The van der Waals surface area contributed by atoms with Gasteiger partial charge in [-0.15, -0.1) is 0 Å². The van der Waals surface area contributed by atoms with Crippen LogP contribution in [-0.4, -0.2) is 0 Å². The quantitative estimate of drug-likeness (QED) is 0.208. The van der Waals surface area contributed by atoms with Gasteiger partial charge in [0.1, 0.15) is 0 Å². The first kappa shape index (κ1) is 23.0. The summed E-state index contributed by atoms with van der Waals surface area (Å²) in [4.78, 5) is 0. The third-order valence-electron chi connectivity index (χ3n) is 8.50. The summed E-state index contributed by atoms with van der Waals surface area (Å²) < 4.78 is 0. The zero-order chi connectivity index (χ0) is 26.5. The molecule has 0 aliphatic heterocycles. The van der Waals surface area contributed by atoms with E-state index < -0.39 is 0 Å². The zero-order valence-corrected chi connectivity index (χ0v) is 22.3. The average molecular weight is 509 g/mol. The minimum absolute atomic E-state index is 1.13. The molecule has 1 aliphatic carbocycles. The van der Waals surface area contributed by atoms with Crippen molar-refractivity contribution in [3.8, 4) is 33.4 Å². The summed E-state index contributed by atoms with van der Waals surface area (Å²) in [6.45, 7) is 0. The Kier molecular flexibility index (Phi) is 5.38. The van der Waals surface area contributed by atoms with E-state index in [0.29, 0.717) is 0 Å². The van der Waals surface area contributed by atoms with Gasteiger partial charge in [0.2, 0.25) is 0 Å². The SMILES string of the molecule is C1=Cc2cc(-c3ccc4c(-c5cccc6ccccc56)c5ccccc5c(-c5ccccc5)c4c3)ccc2CC1. The summed E-state index contributed by atoms with van der Waals surface area (Å²) in [5.74, 6) is 0. The predicted octanol–water partition coefficient (Wildman–Crippen LogP) is 11.1. The van der Waals surface area contributed by atoms with E-state index >= 15 is 0 Å². The van der Waals surface area contributed by atoms with Crippen molar-refractivity contribution in [1.29, 1.82) is 0 Å². The van der Waals surface area contributed by atoms with Gasteiger partial charge in [-0.3, -0.25) is 0 Å². The molecule has 7 aromatic rings. The molecule has 0 saturated carbocycles.